The first-order valence-corrected chi connectivity index (χ1v) is 12.9. The minimum Gasteiger partial charge on any atom is -0.444 e. The summed E-state index contributed by atoms with van der Waals surface area (Å²) in [7, 11) is 0. The molecule has 2 aliphatic rings. The van der Waals surface area contributed by atoms with Crippen LogP contribution in [0.25, 0.3) is 0 Å². The van der Waals surface area contributed by atoms with Gasteiger partial charge in [0.15, 0.2) is 12.0 Å². The SMILES string of the molecule is CC(C)(C)OC(=O)Nc1nc(OC(=O)OC(C)(C)C)c2c(n1)N(C(=O)OC(C)(C)C)[C@@H]1O[C@H](CO)[C@H](O)[C@H](O)[C@@H]1N2. The Hall–Kier alpha value is -3.47. The summed E-state index contributed by atoms with van der Waals surface area (Å²) >= 11 is 0. The summed E-state index contributed by atoms with van der Waals surface area (Å²) in [6.45, 7) is 13.9. The number of amides is 2. The van der Waals surface area contributed by atoms with Crippen LogP contribution in [0.15, 0.2) is 0 Å². The zero-order valence-electron chi connectivity index (χ0n) is 24.5. The molecule has 1 aromatic rings. The number of aromatic nitrogens is 2. The summed E-state index contributed by atoms with van der Waals surface area (Å²) in [5.74, 6) is -1.20. The van der Waals surface area contributed by atoms with E-state index < -0.39 is 84.2 Å². The molecular formula is C25H39N5O11. The molecule has 1 fully saturated rings. The van der Waals surface area contributed by atoms with E-state index in [-0.39, 0.29) is 11.5 Å². The Kier molecular flexibility index (Phi) is 8.93. The van der Waals surface area contributed by atoms with Gasteiger partial charge in [0.2, 0.25) is 5.95 Å². The summed E-state index contributed by atoms with van der Waals surface area (Å²) in [5.41, 5.74) is -3.01. The van der Waals surface area contributed by atoms with Crippen molar-refractivity contribution in [2.24, 2.45) is 0 Å². The fraction of sp³-hybridized carbons (Fsp3) is 0.720. The number of anilines is 3. The number of ether oxygens (including phenoxy) is 5. The number of rotatable bonds is 3. The number of hydrogen-bond acceptors (Lipinski definition) is 14. The quantitative estimate of drug-likeness (QED) is 0.254. The van der Waals surface area contributed by atoms with Crippen molar-refractivity contribution in [2.45, 2.75) is 110 Å². The lowest BCUT2D eigenvalue weighted by Crippen LogP contribution is -2.68. The highest BCUT2D eigenvalue weighted by atomic mass is 16.7. The van der Waals surface area contributed by atoms with Crippen molar-refractivity contribution in [1.82, 2.24) is 9.97 Å². The van der Waals surface area contributed by atoms with E-state index in [0.717, 1.165) is 4.90 Å². The molecule has 0 aromatic carbocycles. The molecule has 0 spiro atoms. The number of fused-ring (bicyclic) bond motifs is 2. The molecule has 16 heteroatoms. The summed E-state index contributed by atoms with van der Waals surface area (Å²) in [6, 6.07) is -1.23. The Labute approximate surface area is 237 Å². The highest BCUT2D eigenvalue weighted by molar-refractivity contribution is 5.95. The summed E-state index contributed by atoms with van der Waals surface area (Å²) < 4.78 is 27.2. The van der Waals surface area contributed by atoms with E-state index in [9.17, 15) is 29.7 Å². The maximum Gasteiger partial charge on any atom is 0.515 e. The second-order valence-corrected chi connectivity index (χ2v) is 12.5. The lowest BCUT2D eigenvalue weighted by molar-refractivity contribution is -0.185. The van der Waals surface area contributed by atoms with Crippen LogP contribution in [0.2, 0.25) is 0 Å². The maximum absolute atomic E-state index is 13.5. The Morgan fingerprint density at radius 3 is 2.05 bits per heavy atom. The van der Waals surface area contributed by atoms with Crippen LogP contribution < -0.4 is 20.3 Å². The first kappa shape index (κ1) is 32.0. The smallest absolute Gasteiger partial charge is 0.444 e. The highest BCUT2D eigenvalue weighted by Crippen LogP contribution is 2.43. The van der Waals surface area contributed by atoms with Crippen molar-refractivity contribution in [3.05, 3.63) is 0 Å². The molecule has 0 saturated carbocycles. The average Bonchev–Trinajstić information content (AvgIpc) is 2.76. The molecule has 0 bridgehead atoms. The van der Waals surface area contributed by atoms with Crippen molar-refractivity contribution in [2.75, 3.05) is 22.1 Å². The fourth-order valence-electron chi connectivity index (χ4n) is 3.87. The van der Waals surface area contributed by atoms with Crippen molar-refractivity contribution >= 4 is 35.8 Å². The predicted octanol–water partition coefficient (Wildman–Crippen LogP) is 2.11. The first-order chi connectivity index (χ1) is 18.7. The lowest BCUT2D eigenvalue weighted by atomic mass is 9.94. The second-order valence-electron chi connectivity index (χ2n) is 12.5. The number of aliphatic hydroxyl groups is 3. The molecule has 0 aliphatic carbocycles. The third-order valence-electron chi connectivity index (χ3n) is 5.32. The Bertz CT molecular complexity index is 1160. The highest BCUT2D eigenvalue weighted by Gasteiger charge is 2.53. The third-order valence-corrected chi connectivity index (χ3v) is 5.32. The first-order valence-electron chi connectivity index (χ1n) is 12.9. The van der Waals surface area contributed by atoms with Gasteiger partial charge in [0.1, 0.15) is 46.8 Å². The van der Waals surface area contributed by atoms with Gasteiger partial charge in [-0.15, -0.1) is 0 Å². The fourth-order valence-corrected chi connectivity index (χ4v) is 3.87. The van der Waals surface area contributed by atoms with Gasteiger partial charge in [-0.05, 0) is 62.3 Å². The van der Waals surface area contributed by atoms with Crippen LogP contribution in [0.3, 0.4) is 0 Å². The Morgan fingerprint density at radius 1 is 0.927 bits per heavy atom. The summed E-state index contributed by atoms with van der Waals surface area (Å²) in [4.78, 5) is 48.0. The van der Waals surface area contributed by atoms with Crippen LogP contribution in [0.4, 0.5) is 31.8 Å². The molecule has 0 unspecified atom stereocenters. The minimum absolute atomic E-state index is 0.185. The summed E-state index contributed by atoms with van der Waals surface area (Å²) in [5, 5.41) is 36.3. The van der Waals surface area contributed by atoms with Crippen molar-refractivity contribution in [1.29, 1.82) is 0 Å². The van der Waals surface area contributed by atoms with Crippen LogP contribution >= 0.6 is 0 Å². The van der Waals surface area contributed by atoms with E-state index in [4.69, 9.17) is 23.7 Å². The van der Waals surface area contributed by atoms with Gasteiger partial charge in [0.05, 0.1) is 6.61 Å². The van der Waals surface area contributed by atoms with Crippen molar-refractivity contribution < 1.29 is 53.4 Å². The van der Waals surface area contributed by atoms with Gasteiger partial charge < -0.3 is 44.3 Å². The number of aliphatic hydroxyl groups excluding tert-OH is 3. The van der Waals surface area contributed by atoms with Crippen LogP contribution in [0.5, 0.6) is 5.88 Å². The van der Waals surface area contributed by atoms with Gasteiger partial charge >= 0.3 is 18.3 Å². The van der Waals surface area contributed by atoms with Crippen LogP contribution in [0.1, 0.15) is 62.3 Å². The Balaban J connectivity index is 2.18. The van der Waals surface area contributed by atoms with Gasteiger partial charge in [-0.2, -0.15) is 9.97 Å². The van der Waals surface area contributed by atoms with E-state index in [1.54, 1.807) is 62.3 Å². The van der Waals surface area contributed by atoms with E-state index in [1.165, 1.54) is 0 Å². The molecule has 41 heavy (non-hydrogen) atoms. The largest absolute Gasteiger partial charge is 0.515 e. The van der Waals surface area contributed by atoms with E-state index in [0.29, 0.717) is 0 Å². The average molecular weight is 586 g/mol. The molecular weight excluding hydrogens is 546 g/mol. The second kappa shape index (κ2) is 11.4. The molecule has 2 amide bonds. The number of carbonyl (C=O) groups is 3. The van der Waals surface area contributed by atoms with Crippen molar-refractivity contribution in [3.63, 3.8) is 0 Å². The number of nitrogens with zero attached hydrogens (tertiary/aromatic N) is 3. The Morgan fingerprint density at radius 2 is 1.51 bits per heavy atom. The van der Waals surface area contributed by atoms with E-state index in [1.807, 2.05) is 0 Å². The molecule has 1 saturated heterocycles. The molecule has 1 aromatic heterocycles. The number of carbonyl (C=O) groups excluding carboxylic acids is 3. The molecule has 3 rings (SSSR count). The van der Waals surface area contributed by atoms with Gasteiger partial charge in [-0.25, -0.2) is 19.3 Å². The van der Waals surface area contributed by atoms with Gasteiger partial charge in [-0.1, -0.05) is 0 Å². The predicted molar refractivity (Wildman–Crippen MR) is 143 cm³/mol. The zero-order chi connectivity index (χ0) is 31.1. The molecule has 0 radical (unpaired) electrons. The topological polar surface area (TPSA) is 211 Å². The molecule has 3 heterocycles. The van der Waals surface area contributed by atoms with Crippen LogP contribution in [-0.4, -0.2) is 97.6 Å². The zero-order valence-corrected chi connectivity index (χ0v) is 24.5. The monoisotopic (exact) mass is 585 g/mol. The normalized spacial score (nSPS) is 24.3. The molecule has 230 valence electrons. The van der Waals surface area contributed by atoms with Crippen LogP contribution in [-0.2, 0) is 18.9 Å². The standard InChI is InChI=1S/C25H39N5O11/c1-23(2,3)39-20(34)29-19-27-16-13(17(28-19)38-22(36)41-25(7,8)9)26-12-15(33)14(32)11(10-31)37-18(12)30(16)21(35)40-24(4,5)6/h11-12,14-15,18,26,31-33H,10H2,1-9H3,(H,27,28,29,34)/t11-,12+,14+,15-,18-/m1/s1. The van der Waals surface area contributed by atoms with Gasteiger partial charge in [-0.3, -0.25) is 5.32 Å². The van der Waals surface area contributed by atoms with Gasteiger partial charge in [0.25, 0.3) is 5.88 Å². The number of nitrogens with one attached hydrogen (secondary N) is 2. The van der Waals surface area contributed by atoms with Gasteiger partial charge in [0, 0.05) is 0 Å². The molecule has 5 atom stereocenters. The van der Waals surface area contributed by atoms with Crippen molar-refractivity contribution in [3.8, 4) is 5.88 Å². The van der Waals surface area contributed by atoms with E-state index >= 15 is 0 Å². The van der Waals surface area contributed by atoms with Crippen LogP contribution in [0, 0.1) is 0 Å². The molecule has 2 aliphatic heterocycles. The van der Waals surface area contributed by atoms with E-state index in [2.05, 4.69) is 20.6 Å². The lowest BCUT2D eigenvalue weighted by Gasteiger charge is -2.49. The maximum atomic E-state index is 13.5. The molecule has 5 N–H and O–H groups in total. The minimum atomic E-state index is -1.59. The number of hydrogen-bond donors (Lipinski definition) is 5. The molecule has 16 nitrogen and oxygen atoms in total. The summed E-state index contributed by atoms with van der Waals surface area (Å²) in [6.07, 6.45) is -8.92. The third kappa shape index (κ3) is 8.06.